The molecular weight excluding hydrogens is 432 g/mol. The maximum atomic E-state index is 11.0. The highest BCUT2D eigenvalue weighted by Crippen LogP contribution is 2.34. The molecule has 1 aliphatic rings. The Morgan fingerprint density at radius 1 is 1.03 bits per heavy atom. The number of rotatable bonds is 6. The van der Waals surface area contributed by atoms with E-state index in [2.05, 4.69) is 59.9 Å². The second kappa shape index (κ2) is 9.61. The van der Waals surface area contributed by atoms with Gasteiger partial charge in [-0.1, -0.05) is 66.7 Å². The van der Waals surface area contributed by atoms with Gasteiger partial charge in [0.05, 0.1) is 30.4 Å². The van der Waals surface area contributed by atoms with Crippen LogP contribution in [0.15, 0.2) is 83.3 Å². The fourth-order valence-corrected chi connectivity index (χ4v) is 4.90. The van der Waals surface area contributed by atoms with E-state index in [1.165, 1.54) is 11.1 Å². The number of benzene rings is 3. The first kappa shape index (κ1) is 22.0. The smallest absolute Gasteiger partial charge is 0.269 e. The summed E-state index contributed by atoms with van der Waals surface area (Å²) in [4.78, 5) is 0.462. The highest BCUT2D eigenvalue weighted by Gasteiger charge is 2.35. The van der Waals surface area contributed by atoms with Gasteiger partial charge in [-0.3, -0.25) is 0 Å². The average Bonchev–Trinajstić information content (AvgIpc) is 3.13. The topological polar surface area (TPSA) is 59.6 Å². The molecule has 0 amide bonds. The average molecular weight is 461 g/mol. The number of fused-ring (bicyclic) bond motifs is 1. The van der Waals surface area contributed by atoms with Crippen LogP contribution in [0.2, 0.25) is 0 Å². The summed E-state index contributed by atoms with van der Waals surface area (Å²) in [5, 5.41) is 14.5. The van der Waals surface area contributed by atoms with Gasteiger partial charge in [0.15, 0.2) is 5.58 Å². The molecule has 5 rings (SSSR count). The Labute approximate surface area is 198 Å². The summed E-state index contributed by atoms with van der Waals surface area (Å²) in [6.45, 7) is 1.07. The molecular formula is C27H28N2O3S. The van der Waals surface area contributed by atoms with Gasteiger partial charge in [0.2, 0.25) is 0 Å². The van der Waals surface area contributed by atoms with E-state index in [1.807, 2.05) is 35.9 Å². The Morgan fingerprint density at radius 2 is 1.70 bits per heavy atom. The molecule has 1 saturated heterocycles. The molecule has 1 fully saturated rings. The number of aliphatic hydroxyl groups is 1. The third kappa shape index (κ3) is 4.66. The summed E-state index contributed by atoms with van der Waals surface area (Å²) in [7, 11) is 1.90. The monoisotopic (exact) mass is 460 g/mol. The number of oxazole rings is 1. The largest absolute Gasteiger partial charge is 0.429 e. The van der Waals surface area contributed by atoms with E-state index in [-0.39, 0.29) is 18.1 Å². The van der Waals surface area contributed by atoms with Gasteiger partial charge in [0.25, 0.3) is 4.84 Å². The van der Waals surface area contributed by atoms with Crippen LogP contribution in [0.1, 0.15) is 29.0 Å². The molecule has 0 spiro atoms. The SMILES string of the molecule is Cn1c(=S)oc2cc(CN[C@@H]3CO[C@H](C(c4ccccc4)c4ccccc4)C[C@H]3O)ccc21. The van der Waals surface area contributed by atoms with E-state index in [4.69, 9.17) is 21.4 Å². The number of aryl methyl sites for hydroxylation is 1. The summed E-state index contributed by atoms with van der Waals surface area (Å²) in [5.74, 6) is 0.0812. The molecule has 1 aliphatic heterocycles. The van der Waals surface area contributed by atoms with Crippen molar-refractivity contribution in [2.75, 3.05) is 6.61 Å². The molecule has 3 aromatic carbocycles. The number of aliphatic hydroxyl groups excluding tert-OH is 1. The summed E-state index contributed by atoms with van der Waals surface area (Å²) in [6, 6.07) is 26.7. The third-order valence-electron chi connectivity index (χ3n) is 6.54. The maximum Gasteiger partial charge on any atom is 0.269 e. The zero-order valence-corrected chi connectivity index (χ0v) is 19.4. The van der Waals surface area contributed by atoms with Crippen LogP contribution in [0.5, 0.6) is 0 Å². The molecule has 2 N–H and O–H groups in total. The van der Waals surface area contributed by atoms with Crippen LogP contribution >= 0.6 is 12.2 Å². The predicted molar refractivity (Wildman–Crippen MR) is 132 cm³/mol. The van der Waals surface area contributed by atoms with Crippen molar-refractivity contribution >= 4 is 23.3 Å². The van der Waals surface area contributed by atoms with Gasteiger partial charge in [0.1, 0.15) is 0 Å². The van der Waals surface area contributed by atoms with Crippen LogP contribution in [0.3, 0.4) is 0 Å². The lowest BCUT2D eigenvalue weighted by Gasteiger charge is -2.38. The molecule has 0 bridgehead atoms. The van der Waals surface area contributed by atoms with E-state index < -0.39 is 6.10 Å². The van der Waals surface area contributed by atoms with Crippen molar-refractivity contribution in [3.63, 3.8) is 0 Å². The highest BCUT2D eigenvalue weighted by molar-refractivity contribution is 7.71. The van der Waals surface area contributed by atoms with Gasteiger partial charge in [0, 0.05) is 25.9 Å². The number of nitrogens with one attached hydrogen (secondary N) is 1. The van der Waals surface area contributed by atoms with Crippen molar-refractivity contribution in [3.8, 4) is 0 Å². The molecule has 0 unspecified atom stereocenters. The Morgan fingerprint density at radius 3 is 2.33 bits per heavy atom. The van der Waals surface area contributed by atoms with Gasteiger partial charge in [-0.2, -0.15) is 0 Å². The molecule has 4 aromatic rings. The summed E-state index contributed by atoms with van der Waals surface area (Å²) < 4.78 is 13.9. The van der Waals surface area contributed by atoms with E-state index in [0.717, 1.165) is 16.7 Å². The normalized spacial score (nSPS) is 21.0. The highest BCUT2D eigenvalue weighted by atomic mass is 32.1. The Hall–Kier alpha value is -2.77. The van der Waals surface area contributed by atoms with Crippen LogP contribution < -0.4 is 5.32 Å². The van der Waals surface area contributed by atoms with Crippen molar-refractivity contribution < 1.29 is 14.3 Å². The first-order chi connectivity index (χ1) is 16.1. The van der Waals surface area contributed by atoms with Crippen LogP contribution in [-0.2, 0) is 18.3 Å². The molecule has 3 atom stereocenters. The molecule has 2 heterocycles. The summed E-state index contributed by atoms with van der Waals surface area (Å²) in [6.07, 6.45) is -0.0192. The molecule has 5 nitrogen and oxygen atoms in total. The fraction of sp³-hybridized carbons (Fsp3) is 0.296. The standard InChI is InChI=1S/C27H28N2O3S/c1-29-22-13-12-18(14-24(22)32-27(29)33)16-28-21-17-31-25(15-23(21)30)26(19-8-4-2-5-9-19)20-10-6-3-7-11-20/h2-14,21,23,25-26,28,30H,15-17H2,1H3/t21-,23-,25+/m1/s1. The van der Waals surface area contributed by atoms with Crippen molar-refractivity contribution in [3.05, 3.63) is 100 Å². The molecule has 0 radical (unpaired) electrons. The van der Waals surface area contributed by atoms with Crippen molar-refractivity contribution in [2.45, 2.75) is 37.1 Å². The lowest BCUT2D eigenvalue weighted by atomic mass is 9.82. The van der Waals surface area contributed by atoms with Gasteiger partial charge in [-0.05, 0) is 41.0 Å². The van der Waals surface area contributed by atoms with Gasteiger partial charge >= 0.3 is 0 Å². The number of hydrogen-bond donors (Lipinski definition) is 2. The molecule has 0 saturated carbocycles. The number of hydrogen-bond acceptors (Lipinski definition) is 5. The van der Waals surface area contributed by atoms with Crippen molar-refractivity contribution in [1.82, 2.24) is 9.88 Å². The van der Waals surface area contributed by atoms with Gasteiger partial charge < -0.3 is 24.1 Å². The maximum absolute atomic E-state index is 11.0. The molecule has 1 aromatic heterocycles. The van der Waals surface area contributed by atoms with Crippen LogP contribution in [0.25, 0.3) is 11.1 Å². The fourth-order valence-electron chi connectivity index (χ4n) is 4.72. The zero-order valence-electron chi connectivity index (χ0n) is 18.6. The first-order valence-electron chi connectivity index (χ1n) is 11.3. The molecule has 0 aliphatic carbocycles. The lowest BCUT2D eigenvalue weighted by Crippen LogP contribution is -2.50. The van der Waals surface area contributed by atoms with Crippen LogP contribution in [0, 0.1) is 4.84 Å². The molecule has 6 heteroatoms. The minimum atomic E-state index is -0.497. The van der Waals surface area contributed by atoms with Crippen molar-refractivity contribution in [1.29, 1.82) is 0 Å². The Kier molecular flexibility index (Phi) is 6.42. The summed E-state index contributed by atoms with van der Waals surface area (Å²) >= 11 is 5.21. The van der Waals surface area contributed by atoms with Crippen LogP contribution in [0.4, 0.5) is 0 Å². The number of nitrogens with zero attached hydrogens (tertiary/aromatic N) is 1. The lowest BCUT2D eigenvalue weighted by molar-refractivity contribution is -0.0718. The minimum Gasteiger partial charge on any atom is -0.429 e. The van der Waals surface area contributed by atoms with Gasteiger partial charge in [-0.25, -0.2) is 0 Å². The minimum absolute atomic E-state index is 0.0812. The first-order valence-corrected chi connectivity index (χ1v) is 11.7. The summed E-state index contributed by atoms with van der Waals surface area (Å²) in [5.41, 5.74) is 5.23. The van der Waals surface area contributed by atoms with Gasteiger partial charge in [-0.15, -0.1) is 0 Å². The van der Waals surface area contributed by atoms with E-state index >= 15 is 0 Å². The quantitative estimate of drug-likeness (QED) is 0.399. The number of aromatic nitrogens is 1. The van der Waals surface area contributed by atoms with Crippen LogP contribution in [-0.4, -0.2) is 34.5 Å². The number of ether oxygens (including phenoxy) is 1. The molecule has 170 valence electrons. The van der Waals surface area contributed by atoms with E-state index in [1.54, 1.807) is 0 Å². The third-order valence-corrected chi connectivity index (χ3v) is 6.90. The Balaban J connectivity index is 1.27. The second-order valence-electron chi connectivity index (χ2n) is 8.69. The Bertz CT molecular complexity index is 1230. The van der Waals surface area contributed by atoms with E-state index in [9.17, 15) is 5.11 Å². The molecule has 33 heavy (non-hydrogen) atoms. The second-order valence-corrected chi connectivity index (χ2v) is 9.04. The zero-order chi connectivity index (χ0) is 22.8. The van der Waals surface area contributed by atoms with Crippen molar-refractivity contribution in [2.24, 2.45) is 7.05 Å². The predicted octanol–water partition coefficient (Wildman–Crippen LogP) is 4.94. The van der Waals surface area contributed by atoms with E-state index in [0.29, 0.717) is 24.4 Å².